The van der Waals surface area contributed by atoms with Crippen LogP contribution in [0.25, 0.3) is 16.9 Å². The summed E-state index contributed by atoms with van der Waals surface area (Å²) >= 11 is 0. The highest BCUT2D eigenvalue weighted by Gasteiger charge is 2.27. The first-order chi connectivity index (χ1) is 17.0. The second kappa shape index (κ2) is 9.78. The van der Waals surface area contributed by atoms with E-state index in [0.717, 1.165) is 72.2 Å². The second-order valence-electron chi connectivity index (χ2n) is 9.08. The summed E-state index contributed by atoms with van der Waals surface area (Å²) in [5, 5.41) is 7.96. The lowest BCUT2D eigenvalue weighted by Gasteiger charge is -2.33. The molecule has 35 heavy (non-hydrogen) atoms. The van der Waals surface area contributed by atoms with Crippen molar-refractivity contribution in [2.24, 2.45) is 5.92 Å². The van der Waals surface area contributed by atoms with E-state index in [1.165, 1.54) is 5.56 Å². The molecule has 0 spiro atoms. The summed E-state index contributed by atoms with van der Waals surface area (Å²) in [6.07, 6.45) is 2.59. The van der Waals surface area contributed by atoms with Crippen LogP contribution in [0.15, 0.2) is 60.7 Å². The summed E-state index contributed by atoms with van der Waals surface area (Å²) in [6.45, 7) is 5.72. The van der Waals surface area contributed by atoms with E-state index in [4.69, 9.17) is 14.8 Å². The largest absolute Gasteiger partial charge is 0.497 e. The molecule has 180 valence electrons. The first-order valence-electron chi connectivity index (χ1n) is 12.2. The molecule has 0 aliphatic carbocycles. The number of hydrogen-bond acceptors (Lipinski definition) is 5. The van der Waals surface area contributed by atoms with Crippen molar-refractivity contribution in [2.75, 3.05) is 30.4 Å². The number of carbonyl (C=O) groups excluding carboxylic acids is 1. The Morgan fingerprint density at radius 2 is 1.77 bits per heavy atom. The van der Waals surface area contributed by atoms with Crippen LogP contribution >= 0.6 is 0 Å². The minimum absolute atomic E-state index is 0.00279. The number of aryl methyl sites for hydroxylation is 2. The molecule has 0 unspecified atom stereocenters. The Labute approximate surface area is 205 Å². The molecule has 1 aliphatic heterocycles. The summed E-state index contributed by atoms with van der Waals surface area (Å²) in [7, 11) is 1.66. The van der Waals surface area contributed by atoms with E-state index >= 15 is 0 Å². The molecule has 7 heteroatoms. The van der Waals surface area contributed by atoms with E-state index < -0.39 is 0 Å². The molecule has 1 saturated heterocycles. The quantitative estimate of drug-likeness (QED) is 0.424. The summed E-state index contributed by atoms with van der Waals surface area (Å²) in [5.41, 5.74) is 5.79. The highest BCUT2D eigenvalue weighted by Crippen LogP contribution is 2.28. The van der Waals surface area contributed by atoms with Gasteiger partial charge in [0.15, 0.2) is 5.65 Å². The predicted molar refractivity (Wildman–Crippen MR) is 139 cm³/mol. The zero-order valence-electron chi connectivity index (χ0n) is 20.5. The van der Waals surface area contributed by atoms with E-state index in [2.05, 4.69) is 35.3 Å². The molecular weight excluding hydrogens is 438 g/mol. The van der Waals surface area contributed by atoms with Gasteiger partial charge >= 0.3 is 0 Å². The highest BCUT2D eigenvalue weighted by molar-refractivity contribution is 5.92. The number of carbonyl (C=O) groups is 1. The first-order valence-corrected chi connectivity index (χ1v) is 12.2. The van der Waals surface area contributed by atoms with Crippen LogP contribution in [0.5, 0.6) is 5.75 Å². The fraction of sp³-hybridized carbons (Fsp3) is 0.321. The first kappa shape index (κ1) is 22.9. The zero-order valence-corrected chi connectivity index (χ0v) is 20.5. The number of ether oxygens (including phenoxy) is 1. The number of aromatic nitrogens is 3. The molecule has 2 aromatic carbocycles. The number of anilines is 2. The normalized spacial score (nSPS) is 14.3. The number of piperidine rings is 1. The maximum absolute atomic E-state index is 12.9. The molecular formula is C28H31N5O2. The molecule has 3 heterocycles. The third kappa shape index (κ3) is 4.85. The lowest BCUT2D eigenvalue weighted by atomic mass is 9.95. The smallest absolute Gasteiger partial charge is 0.227 e. The van der Waals surface area contributed by atoms with Gasteiger partial charge in [0.1, 0.15) is 11.6 Å². The number of nitrogens with one attached hydrogen (secondary N) is 1. The van der Waals surface area contributed by atoms with Gasteiger partial charge < -0.3 is 15.0 Å². The van der Waals surface area contributed by atoms with Crippen LogP contribution < -0.4 is 15.0 Å². The molecule has 5 rings (SSSR count). The number of amides is 1. The minimum atomic E-state index is 0.00279. The lowest BCUT2D eigenvalue weighted by Crippen LogP contribution is -2.39. The third-order valence-corrected chi connectivity index (χ3v) is 6.74. The minimum Gasteiger partial charge on any atom is -0.497 e. The van der Waals surface area contributed by atoms with Gasteiger partial charge in [-0.05, 0) is 68.1 Å². The number of benzene rings is 2. The predicted octanol–water partition coefficient (Wildman–Crippen LogP) is 5.13. The second-order valence-corrected chi connectivity index (χ2v) is 9.08. The van der Waals surface area contributed by atoms with Gasteiger partial charge in [-0.2, -0.15) is 9.61 Å². The van der Waals surface area contributed by atoms with Crippen molar-refractivity contribution in [1.29, 1.82) is 0 Å². The van der Waals surface area contributed by atoms with Crippen molar-refractivity contribution in [3.63, 3.8) is 0 Å². The fourth-order valence-electron chi connectivity index (χ4n) is 4.65. The number of fused-ring (bicyclic) bond motifs is 1. The molecule has 1 amide bonds. The molecule has 0 radical (unpaired) electrons. The summed E-state index contributed by atoms with van der Waals surface area (Å²) in [5.74, 6) is 1.94. The Bertz CT molecular complexity index is 1320. The van der Waals surface area contributed by atoms with Crippen LogP contribution in [-0.4, -0.2) is 40.7 Å². The molecule has 0 saturated carbocycles. The molecule has 1 fully saturated rings. The number of nitrogens with zero attached hydrogens (tertiary/aromatic N) is 4. The van der Waals surface area contributed by atoms with Gasteiger partial charge in [0.2, 0.25) is 5.91 Å². The van der Waals surface area contributed by atoms with E-state index in [0.29, 0.717) is 0 Å². The summed E-state index contributed by atoms with van der Waals surface area (Å²) in [6, 6.07) is 20.1. The van der Waals surface area contributed by atoms with E-state index in [9.17, 15) is 4.79 Å². The zero-order chi connectivity index (χ0) is 24.4. The Hall–Kier alpha value is -3.87. The topological polar surface area (TPSA) is 71.8 Å². The third-order valence-electron chi connectivity index (χ3n) is 6.74. The molecule has 1 aliphatic rings. The molecule has 7 nitrogen and oxygen atoms in total. The Balaban J connectivity index is 1.30. The fourth-order valence-corrected chi connectivity index (χ4v) is 4.65. The van der Waals surface area contributed by atoms with Crippen LogP contribution in [0.1, 0.15) is 31.0 Å². The number of hydrogen-bond donors (Lipinski definition) is 1. The Kier molecular flexibility index (Phi) is 6.40. The van der Waals surface area contributed by atoms with Crippen molar-refractivity contribution in [1.82, 2.24) is 14.6 Å². The van der Waals surface area contributed by atoms with Gasteiger partial charge in [0.25, 0.3) is 0 Å². The van der Waals surface area contributed by atoms with Crippen LogP contribution in [0.2, 0.25) is 0 Å². The molecule has 4 aromatic rings. The SMILES string of the molecule is CCc1ccc(NC(=O)C2CCN(c3cc(C)nc4cc(-c5ccc(OC)cc5)nn34)CC2)cc1. The lowest BCUT2D eigenvalue weighted by molar-refractivity contribution is -0.120. The van der Waals surface area contributed by atoms with Crippen molar-refractivity contribution in [2.45, 2.75) is 33.1 Å². The van der Waals surface area contributed by atoms with E-state index in [-0.39, 0.29) is 11.8 Å². The van der Waals surface area contributed by atoms with E-state index in [1.807, 2.05) is 53.9 Å². The Morgan fingerprint density at radius 1 is 1.06 bits per heavy atom. The van der Waals surface area contributed by atoms with Crippen LogP contribution in [0.4, 0.5) is 11.5 Å². The van der Waals surface area contributed by atoms with Gasteiger partial charge in [-0.15, -0.1) is 0 Å². The van der Waals surface area contributed by atoms with Crippen molar-refractivity contribution in [3.8, 4) is 17.0 Å². The van der Waals surface area contributed by atoms with Crippen molar-refractivity contribution < 1.29 is 9.53 Å². The van der Waals surface area contributed by atoms with Gasteiger partial charge in [0, 0.05) is 48.1 Å². The summed E-state index contributed by atoms with van der Waals surface area (Å²) in [4.78, 5) is 19.9. The van der Waals surface area contributed by atoms with E-state index in [1.54, 1.807) is 7.11 Å². The number of rotatable bonds is 6. The average Bonchev–Trinajstić information content (AvgIpc) is 3.32. The Morgan fingerprint density at radius 3 is 2.43 bits per heavy atom. The molecule has 1 N–H and O–H groups in total. The summed E-state index contributed by atoms with van der Waals surface area (Å²) < 4.78 is 7.19. The molecule has 0 bridgehead atoms. The van der Waals surface area contributed by atoms with Crippen molar-refractivity contribution >= 4 is 23.1 Å². The molecule has 0 atom stereocenters. The maximum Gasteiger partial charge on any atom is 0.227 e. The standard InChI is InChI=1S/C28H31N5O2/c1-4-20-5-9-23(10-6-20)30-28(34)22-13-15-32(16-14-22)27-17-19(2)29-26-18-25(31-33(26)27)21-7-11-24(35-3)12-8-21/h5-12,17-18,22H,4,13-16H2,1-3H3,(H,30,34). The maximum atomic E-state index is 12.9. The van der Waals surface area contributed by atoms with Crippen LogP contribution in [-0.2, 0) is 11.2 Å². The van der Waals surface area contributed by atoms with Crippen molar-refractivity contribution in [3.05, 3.63) is 71.9 Å². The average molecular weight is 470 g/mol. The monoisotopic (exact) mass is 469 g/mol. The van der Waals surface area contributed by atoms with Gasteiger partial charge in [-0.1, -0.05) is 19.1 Å². The molecule has 2 aromatic heterocycles. The van der Waals surface area contributed by atoms with Gasteiger partial charge in [0.05, 0.1) is 12.8 Å². The number of methoxy groups -OCH3 is 1. The van der Waals surface area contributed by atoms with Crippen LogP contribution in [0.3, 0.4) is 0 Å². The van der Waals surface area contributed by atoms with Crippen LogP contribution in [0, 0.1) is 12.8 Å². The van der Waals surface area contributed by atoms with Gasteiger partial charge in [-0.25, -0.2) is 4.98 Å². The highest BCUT2D eigenvalue weighted by atomic mass is 16.5. The van der Waals surface area contributed by atoms with Gasteiger partial charge in [-0.3, -0.25) is 4.79 Å².